The summed E-state index contributed by atoms with van der Waals surface area (Å²) in [6.07, 6.45) is 1.16. The number of rotatable bonds is 5. The minimum absolute atomic E-state index is 0.0450. The maximum absolute atomic E-state index is 12.0. The van der Waals surface area contributed by atoms with E-state index in [1.165, 1.54) is 11.8 Å². The number of amidine groups is 1. The third kappa shape index (κ3) is 4.17. The first-order chi connectivity index (χ1) is 11.9. The highest BCUT2D eigenvalue weighted by molar-refractivity contribution is 8.15. The number of aliphatic imine (C=N–C) groups is 1. The largest absolute Gasteiger partial charge is 0.497 e. The van der Waals surface area contributed by atoms with Crippen LogP contribution < -0.4 is 4.74 Å². The topological polar surface area (TPSA) is 76.0 Å². The van der Waals surface area contributed by atoms with E-state index in [1.54, 1.807) is 7.11 Å². The molecule has 0 spiro atoms. The van der Waals surface area contributed by atoms with Gasteiger partial charge in [0.15, 0.2) is 15.0 Å². The molecule has 2 aliphatic rings. The monoisotopic (exact) mass is 382 g/mol. The molecular weight excluding hydrogens is 360 g/mol. The van der Waals surface area contributed by atoms with Crippen LogP contribution in [0.4, 0.5) is 0 Å². The van der Waals surface area contributed by atoms with Gasteiger partial charge in [0, 0.05) is 18.2 Å². The summed E-state index contributed by atoms with van der Waals surface area (Å²) < 4.78 is 29.2. The van der Waals surface area contributed by atoms with Gasteiger partial charge in [-0.15, -0.1) is 0 Å². The number of hydrogen-bond donors (Lipinski definition) is 0. The van der Waals surface area contributed by atoms with Crippen molar-refractivity contribution in [2.24, 2.45) is 4.99 Å². The van der Waals surface area contributed by atoms with Gasteiger partial charge in [0.1, 0.15) is 5.75 Å². The first-order valence-corrected chi connectivity index (χ1v) is 11.0. The second kappa shape index (κ2) is 7.37. The van der Waals surface area contributed by atoms with Gasteiger partial charge in [0.05, 0.1) is 24.7 Å². The van der Waals surface area contributed by atoms with Crippen LogP contribution >= 0.6 is 11.8 Å². The third-order valence-corrected chi connectivity index (χ3v) is 7.62. The van der Waals surface area contributed by atoms with Gasteiger partial charge in [0.2, 0.25) is 5.91 Å². The molecule has 136 valence electrons. The normalized spacial score (nSPS) is 26.0. The Morgan fingerprint density at radius 1 is 1.32 bits per heavy atom. The third-order valence-electron chi connectivity index (χ3n) is 4.37. The molecule has 0 N–H and O–H groups in total. The fourth-order valence-electron chi connectivity index (χ4n) is 3.12. The molecule has 0 saturated carbocycles. The second-order valence-corrected chi connectivity index (χ2v) is 9.67. The van der Waals surface area contributed by atoms with Crippen molar-refractivity contribution < 1.29 is 17.9 Å². The Morgan fingerprint density at radius 2 is 2.04 bits per heavy atom. The molecule has 25 heavy (non-hydrogen) atoms. The maximum atomic E-state index is 12.0. The highest BCUT2D eigenvalue weighted by Gasteiger charge is 2.48. The van der Waals surface area contributed by atoms with E-state index in [-0.39, 0.29) is 28.7 Å². The van der Waals surface area contributed by atoms with Crippen molar-refractivity contribution in [3.8, 4) is 5.75 Å². The van der Waals surface area contributed by atoms with E-state index >= 15 is 0 Å². The molecule has 8 heteroatoms. The Bertz CT molecular complexity index is 774. The lowest BCUT2D eigenvalue weighted by Gasteiger charge is -2.24. The zero-order chi connectivity index (χ0) is 18.0. The van der Waals surface area contributed by atoms with Gasteiger partial charge >= 0.3 is 0 Å². The molecule has 2 saturated heterocycles. The lowest BCUT2D eigenvalue weighted by atomic mass is 10.1. The standard InChI is InChI=1S/C17H22N2O4S2/c1-3-4-16(20)18-17-19(9-12-5-7-13(23-2)8-6-12)14-10-25(21,22)11-15(14)24-17/h5-8,14-15H,3-4,9-11H2,1-2H3/t14-,15-/m1/s1. The molecule has 0 aliphatic carbocycles. The molecule has 0 unspecified atom stereocenters. The van der Waals surface area contributed by atoms with Crippen LogP contribution in [0.25, 0.3) is 0 Å². The first-order valence-electron chi connectivity index (χ1n) is 8.30. The Hall–Kier alpha value is -1.54. The van der Waals surface area contributed by atoms with Gasteiger partial charge in [-0.05, 0) is 24.1 Å². The molecule has 1 aromatic rings. The van der Waals surface area contributed by atoms with Gasteiger partial charge in [-0.2, -0.15) is 4.99 Å². The molecule has 1 aromatic carbocycles. The number of amides is 1. The average Bonchev–Trinajstić information content (AvgIpc) is 3.01. The van der Waals surface area contributed by atoms with Crippen LogP contribution in [0.5, 0.6) is 5.75 Å². The summed E-state index contributed by atoms with van der Waals surface area (Å²) in [6.45, 7) is 2.47. The zero-order valence-corrected chi connectivity index (χ0v) is 16.0. The number of carbonyl (C=O) groups excluding carboxylic acids is 1. The molecule has 2 fully saturated rings. The number of benzene rings is 1. The van der Waals surface area contributed by atoms with Gasteiger partial charge in [-0.25, -0.2) is 8.42 Å². The minimum atomic E-state index is -3.03. The summed E-state index contributed by atoms with van der Waals surface area (Å²) in [5.74, 6) is 0.907. The number of thioether (sulfide) groups is 1. The summed E-state index contributed by atoms with van der Waals surface area (Å²) in [4.78, 5) is 18.2. The number of ether oxygens (including phenoxy) is 1. The highest BCUT2D eigenvalue weighted by atomic mass is 32.2. The molecule has 0 radical (unpaired) electrons. The van der Waals surface area contributed by atoms with Gasteiger partial charge in [-0.1, -0.05) is 30.8 Å². The Balaban J connectivity index is 1.84. The quantitative estimate of drug-likeness (QED) is 0.776. The molecule has 2 aliphatic heterocycles. The predicted molar refractivity (Wildman–Crippen MR) is 99.7 cm³/mol. The van der Waals surface area contributed by atoms with Crippen molar-refractivity contribution in [3.05, 3.63) is 29.8 Å². The Morgan fingerprint density at radius 3 is 2.68 bits per heavy atom. The van der Waals surface area contributed by atoms with Crippen molar-refractivity contribution in [2.75, 3.05) is 18.6 Å². The lowest BCUT2D eigenvalue weighted by Crippen LogP contribution is -2.37. The number of carbonyl (C=O) groups is 1. The molecule has 0 aromatic heterocycles. The van der Waals surface area contributed by atoms with Crippen LogP contribution in [-0.4, -0.2) is 54.3 Å². The van der Waals surface area contributed by atoms with Crippen LogP contribution in [0.3, 0.4) is 0 Å². The summed E-state index contributed by atoms with van der Waals surface area (Å²) in [6, 6.07) is 7.53. The molecule has 3 rings (SSSR count). The summed E-state index contributed by atoms with van der Waals surface area (Å²) in [5, 5.41) is 0.607. The lowest BCUT2D eigenvalue weighted by molar-refractivity contribution is -0.117. The van der Waals surface area contributed by atoms with Crippen molar-refractivity contribution in [1.29, 1.82) is 0 Å². The van der Waals surface area contributed by atoms with E-state index in [1.807, 2.05) is 36.1 Å². The summed E-state index contributed by atoms with van der Waals surface area (Å²) in [5.41, 5.74) is 1.03. The van der Waals surface area contributed by atoms with Crippen LogP contribution in [0.2, 0.25) is 0 Å². The van der Waals surface area contributed by atoms with Gasteiger partial charge in [0.25, 0.3) is 0 Å². The first kappa shape index (κ1) is 18.3. The zero-order valence-electron chi connectivity index (χ0n) is 14.3. The highest BCUT2D eigenvalue weighted by Crippen LogP contribution is 2.39. The summed E-state index contributed by atoms with van der Waals surface area (Å²) >= 11 is 1.42. The van der Waals surface area contributed by atoms with Crippen molar-refractivity contribution in [2.45, 2.75) is 37.6 Å². The van der Waals surface area contributed by atoms with E-state index < -0.39 is 9.84 Å². The van der Waals surface area contributed by atoms with Crippen molar-refractivity contribution >= 4 is 32.7 Å². The Kier molecular flexibility index (Phi) is 5.38. The fourth-order valence-corrected chi connectivity index (χ4v) is 7.09. The van der Waals surface area contributed by atoms with Crippen LogP contribution in [-0.2, 0) is 21.2 Å². The smallest absolute Gasteiger partial charge is 0.248 e. The SMILES string of the molecule is CCCC(=O)N=C1S[C@@H]2CS(=O)(=O)C[C@H]2N1Cc1ccc(OC)cc1. The molecule has 6 nitrogen and oxygen atoms in total. The molecular formula is C17H22N2O4S2. The van der Waals surface area contributed by atoms with Crippen molar-refractivity contribution in [1.82, 2.24) is 4.90 Å². The molecule has 2 heterocycles. The van der Waals surface area contributed by atoms with Crippen LogP contribution in [0, 0.1) is 0 Å². The van der Waals surface area contributed by atoms with E-state index in [2.05, 4.69) is 4.99 Å². The van der Waals surface area contributed by atoms with E-state index in [4.69, 9.17) is 4.74 Å². The molecule has 2 atom stereocenters. The number of methoxy groups -OCH3 is 1. The predicted octanol–water partition coefficient (Wildman–Crippen LogP) is 2.09. The van der Waals surface area contributed by atoms with E-state index in [0.717, 1.165) is 17.7 Å². The number of sulfone groups is 1. The number of hydrogen-bond acceptors (Lipinski definition) is 5. The molecule has 0 bridgehead atoms. The fraction of sp³-hybridized carbons (Fsp3) is 0.529. The minimum Gasteiger partial charge on any atom is -0.497 e. The van der Waals surface area contributed by atoms with Gasteiger partial charge < -0.3 is 9.64 Å². The van der Waals surface area contributed by atoms with Crippen molar-refractivity contribution in [3.63, 3.8) is 0 Å². The van der Waals surface area contributed by atoms with E-state index in [9.17, 15) is 13.2 Å². The van der Waals surface area contributed by atoms with E-state index in [0.29, 0.717) is 18.1 Å². The summed E-state index contributed by atoms with van der Waals surface area (Å²) in [7, 11) is -1.41. The Labute approximate surface area is 152 Å². The average molecular weight is 383 g/mol. The number of fused-ring (bicyclic) bond motifs is 1. The van der Waals surface area contributed by atoms with Crippen LogP contribution in [0.15, 0.2) is 29.3 Å². The molecule has 1 amide bonds. The van der Waals surface area contributed by atoms with Crippen LogP contribution in [0.1, 0.15) is 25.3 Å². The number of nitrogens with zero attached hydrogens (tertiary/aromatic N) is 2. The van der Waals surface area contributed by atoms with Gasteiger partial charge in [-0.3, -0.25) is 4.79 Å². The maximum Gasteiger partial charge on any atom is 0.248 e. The second-order valence-electron chi connectivity index (χ2n) is 6.31.